The molecule has 1 aromatic rings. The summed E-state index contributed by atoms with van der Waals surface area (Å²) in [5, 5.41) is 3.47. The third-order valence-corrected chi connectivity index (χ3v) is 3.21. The van der Waals surface area contributed by atoms with Gasteiger partial charge in [0, 0.05) is 12.2 Å². The summed E-state index contributed by atoms with van der Waals surface area (Å²) in [4.78, 5) is 8.54. The van der Waals surface area contributed by atoms with Crippen LogP contribution in [-0.4, -0.2) is 29.2 Å². The van der Waals surface area contributed by atoms with Crippen LogP contribution in [0.15, 0.2) is 6.33 Å². The van der Waals surface area contributed by atoms with Crippen LogP contribution < -0.4 is 16.6 Å². The Morgan fingerprint density at radius 2 is 1.95 bits per heavy atom. The van der Waals surface area contributed by atoms with Gasteiger partial charge >= 0.3 is 0 Å². The van der Waals surface area contributed by atoms with Crippen LogP contribution in [0.3, 0.4) is 0 Å². The molecule has 0 aliphatic carbocycles. The van der Waals surface area contributed by atoms with Crippen molar-refractivity contribution >= 4 is 11.6 Å². The van der Waals surface area contributed by atoms with E-state index in [1.165, 1.54) is 6.33 Å². The largest absolute Gasteiger partial charge is 0.380 e. The molecular formula is C14H27N5O. The fourth-order valence-electron chi connectivity index (χ4n) is 1.97. The van der Waals surface area contributed by atoms with Crippen LogP contribution in [0, 0.1) is 5.92 Å². The lowest BCUT2D eigenvalue weighted by Gasteiger charge is -2.24. The van der Waals surface area contributed by atoms with Gasteiger partial charge in [-0.15, -0.1) is 0 Å². The minimum absolute atomic E-state index is 0.214. The topological polar surface area (TPSA) is 85.1 Å². The first-order valence-electron chi connectivity index (χ1n) is 7.28. The number of nitrogens with one attached hydrogen (secondary N) is 2. The number of rotatable bonds is 9. The Kier molecular flexibility index (Phi) is 7.25. The third-order valence-electron chi connectivity index (χ3n) is 3.21. The van der Waals surface area contributed by atoms with Crippen LogP contribution in [-0.2, 0) is 11.2 Å². The summed E-state index contributed by atoms with van der Waals surface area (Å²) in [6, 6.07) is 0.214. The lowest BCUT2D eigenvalue weighted by atomic mass is 10.0. The van der Waals surface area contributed by atoms with Crippen molar-refractivity contribution in [3.63, 3.8) is 0 Å². The maximum atomic E-state index is 5.54. The van der Waals surface area contributed by atoms with Gasteiger partial charge < -0.3 is 15.5 Å². The van der Waals surface area contributed by atoms with E-state index in [0.717, 1.165) is 24.2 Å². The van der Waals surface area contributed by atoms with Crippen LogP contribution in [0.2, 0.25) is 0 Å². The molecular weight excluding hydrogens is 254 g/mol. The number of aromatic nitrogens is 2. The molecule has 1 aromatic heterocycles. The minimum atomic E-state index is 0.214. The van der Waals surface area contributed by atoms with Crippen molar-refractivity contribution in [2.45, 2.75) is 46.6 Å². The van der Waals surface area contributed by atoms with Gasteiger partial charge in [-0.3, -0.25) is 0 Å². The van der Waals surface area contributed by atoms with E-state index in [2.05, 4.69) is 41.5 Å². The molecule has 0 aliphatic heterocycles. The Bertz CT molecular complexity index is 397. The summed E-state index contributed by atoms with van der Waals surface area (Å²) in [7, 11) is 0. The lowest BCUT2D eigenvalue weighted by Crippen LogP contribution is -2.32. The molecule has 0 bridgehead atoms. The molecule has 0 saturated carbocycles. The Labute approximate surface area is 121 Å². The highest BCUT2D eigenvalue weighted by Gasteiger charge is 2.17. The summed E-state index contributed by atoms with van der Waals surface area (Å²) in [5.74, 6) is 7.50. The first-order valence-corrected chi connectivity index (χ1v) is 7.28. The highest BCUT2D eigenvalue weighted by atomic mass is 16.5. The molecule has 1 atom stereocenters. The van der Waals surface area contributed by atoms with Crippen LogP contribution >= 0.6 is 0 Å². The zero-order chi connectivity index (χ0) is 15.0. The van der Waals surface area contributed by atoms with Gasteiger partial charge in [0.25, 0.3) is 0 Å². The molecule has 1 unspecified atom stereocenters. The molecule has 6 heteroatoms. The van der Waals surface area contributed by atoms with Gasteiger partial charge in [0.15, 0.2) is 0 Å². The molecule has 0 radical (unpaired) electrons. The summed E-state index contributed by atoms with van der Waals surface area (Å²) in [6.45, 7) is 9.83. The molecule has 6 nitrogen and oxygen atoms in total. The SMILES string of the molecule is CCCc1c(NN)ncnc1NC(COCC)C(C)C. The number of nitrogens with two attached hydrogens (primary N) is 1. The summed E-state index contributed by atoms with van der Waals surface area (Å²) in [5.41, 5.74) is 3.67. The fourth-order valence-corrected chi connectivity index (χ4v) is 1.97. The van der Waals surface area contributed by atoms with Crippen molar-refractivity contribution in [2.24, 2.45) is 11.8 Å². The number of nitrogen functional groups attached to an aromatic ring is 1. The number of nitrogens with zero attached hydrogens (tertiary/aromatic N) is 2. The van der Waals surface area contributed by atoms with E-state index in [1.807, 2.05) is 6.92 Å². The van der Waals surface area contributed by atoms with Gasteiger partial charge in [0.2, 0.25) is 0 Å². The Hall–Kier alpha value is -1.40. The molecule has 0 spiro atoms. The van der Waals surface area contributed by atoms with Crippen LogP contribution in [0.1, 0.15) is 39.7 Å². The molecule has 0 fully saturated rings. The van der Waals surface area contributed by atoms with Crippen molar-refractivity contribution in [3.8, 4) is 0 Å². The van der Waals surface area contributed by atoms with E-state index < -0.39 is 0 Å². The maximum Gasteiger partial charge on any atom is 0.148 e. The van der Waals surface area contributed by atoms with E-state index in [1.54, 1.807) is 0 Å². The Balaban J connectivity index is 2.93. The van der Waals surface area contributed by atoms with Crippen molar-refractivity contribution in [1.29, 1.82) is 0 Å². The van der Waals surface area contributed by atoms with Crippen molar-refractivity contribution < 1.29 is 4.74 Å². The quantitative estimate of drug-likeness (QED) is 0.475. The van der Waals surface area contributed by atoms with E-state index in [0.29, 0.717) is 24.9 Å². The predicted molar refractivity (Wildman–Crippen MR) is 82.6 cm³/mol. The molecule has 0 aliphatic rings. The maximum absolute atomic E-state index is 5.54. The van der Waals surface area contributed by atoms with Crippen LogP contribution in [0.4, 0.5) is 11.6 Å². The van der Waals surface area contributed by atoms with E-state index >= 15 is 0 Å². The van der Waals surface area contributed by atoms with Gasteiger partial charge in [0.05, 0.1) is 12.6 Å². The molecule has 1 heterocycles. The van der Waals surface area contributed by atoms with E-state index in [9.17, 15) is 0 Å². The highest BCUT2D eigenvalue weighted by Crippen LogP contribution is 2.22. The number of hydrazine groups is 1. The second-order valence-electron chi connectivity index (χ2n) is 5.10. The smallest absolute Gasteiger partial charge is 0.148 e. The molecule has 20 heavy (non-hydrogen) atoms. The first-order chi connectivity index (χ1) is 9.63. The van der Waals surface area contributed by atoms with Gasteiger partial charge in [0.1, 0.15) is 18.0 Å². The standard InChI is InChI=1S/C14H27N5O/c1-5-7-11-13(16-9-17-14(11)19-15)18-12(10(3)4)8-20-6-2/h9-10,12H,5-8,15H2,1-4H3,(H2,16,17,18,19). The zero-order valence-corrected chi connectivity index (χ0v) is 12.9. The van der Waals surface area contributed by atoms with Crippen molar-refractivity contribution in [1.82, 2.24) is 9.97 Å². The number of hydrogen-bond acceptors (Lipinski definition) is 6. The highest BCUT2D eigenvalue weighted by molar-refractivity contribution is 5.57. The van der Waals surface area contributed by atoms with Crippen molar-refractivity contribution in [3.05, 3.63) is 11.9 Å². The van der Waals surface area contributed by atoms with E-state index in [4.69, 9.17) is 10.6 Å². The molecule has 0 aromatic carbocycles. The van der Waals surface area contributed by atoms with E-state index in [-0.39, 0.29) is 6.04 Å². The number of hydrogen-bond donors (Lipinski definition) is 3. The predicted octanol–water partition coefficient (Wildman–Crippen LogP) is 2.19. The molecule has 114 valence electrons. The van der Waals surface area contributed by atoms with Gasteiger partial charge in [-0.25, -0.2) is 15.8 Å². The average molecular weight is 281 g/mol. The molecule has 0 amide bonds. The normalized spacial score (nSPS) is 12.5. The summed E-state index contributed by atoms with van der Waals surface area (Å²) >= 11 is 0. The van der Waals surface area contributed by atoms with Gasteiger partial charge in [-0.2, -0.15) is 0 Å². The summed E-state index contributed by atoms with van der Waals surface area (Å²) < 4.78 is 5.54. The minimum Gasteiger partial charge on any atom is -0.380 e. The fraction of sp³-hybridized carbons (Fsp3) is 0.714. The number of anilines is 2. The first kappa shape index (κ1) is 16.7. The Morgan fingerprint density at radius 1 is 1.25 bits per heavy atom. The zero-order valence-electron chi connectivity index (χ0n) is 12.9. The van der Waals surface area contributed by atoms with Gasteiger partial charge in [-0.1, -0.05) is 27.2 Å². The Morgan fingerprint density at radius 3 is 2.50 bits per heavy atom. The monoisotopic (exact) mass is 281 g/mol. The lowest BCUT2D eigenvalue weighted by molar-refractivity contribution is 0.126. The van der Waals surface area contributed by atoms with Gasteiger partial charge in [-0.05, 0) is 19.3 Å². The molecule has 4 N–H and O–H groups in total. The third kappa shape index (κ3) is 4.61. The molecule has 0 saturated heterocycles. The summed E-state index contributed by atoms with van der Waals surface area (Å²) in [6.07, 6.45) is 3.41. The average Bonchev–Trinajstić information content (AvgIpc) is 2.44. The molecule has 1 rings (SSSR count). The second kappa shape index (κ2) is 8.71. The second-order valence-corrected chi connectivity index (χ2v) is 5.10. The van der Waals surface area contributed by atoms with Crippen LogP contribution in [0.25, 0.3) is 0 Å². The van der Waals surface area contributed by atoms with Crippen molar-refractivity contribution in [2.75, 3.05) is 24.0 Å². The number of ether oxygens (including phenoxy) is 1. The van der Waals surface area contributed by atoms with Crippen LogP contribution in [0.5, 0.6) is 0 Å².